The highest BCUT2D eigenvalue weighted by Gasteiger charge is 2.24. The van der Waals surface area contributed by atoms with Gasteiger partial charge in [0.2, 0.25) is 0 Å². The summed E-state index contributed by atoms with van der Waals surface area (Å²) >= 11 is 0. The number of nitrogens with two attached hydrogens (primary N) is 1. The molecule has 1 atom stereocenters. The summed E-state index contributed by atoms with van der Waals surface area (Å²) in [5, 5.41) is 3.40. The van der Waals surface area contributed by atoms with Crippen LogP contribution in [-0.2, 0) is 0 Å². The van der Waals surface area contributed by atoms with E-state index in [1.54, 1.807) is 7.11 Å². The molecule has 0 radical (unpaired) electrons. The lowest BCUT2D eigenvalue weighted by molar-refractivity contribution is 0.321. The van der Waals surface area contributed by atoms with Crippen molar-refractivity contribution in [1.29, 1.82) is 0 Å². The van der Waals surface area contributed by atoms with Crippen molar-refractivity contribution in [3.63, 3.8) is 0 Å². The van der Waals surface area contributed by atoms with Crippen molar-refractivity contribution in [2.45, 2.75) is 39.7 Å². The first-order valence-electron chi connectivity index (χ1n) is 7.17. The maximum absolute atomic E-state index is 6.53. The first kappa shape index (κ1) is 14.4. The molecule has 1 aliphatic heterocycles. The van der Waals surface area contributed by atoms with Crippen molar-refractivity contribution in [1.82, 2.24) is 5.32 Å². The Bertz CT molecular complexity index is 451. The highest BCUT2D eigenvalue weighted by molar-refractivity contribution is 5.50. The molecular weight excluding hydrogens is 236 g/mol. The molecule has 1 aromatic carbocycles. The number of hydrogen-bond acceptors (Lipinski definition) is 3. The fourth-order valence-electron chi connectivity index (χ4n) is 3.21. The molecule has 0 bridgehead atoms. The van der Waals surface area contributed by atoms with Crippen LogP contribution >= 0.6 is 0 Å². The molecule has 1 saturated heterocycles. The normalized spacial score (nSPS) is 18.4. The third-order valence-corrected chi connectivity index (χ3v) is 4.52. The van der Waals surface area contributed by atoms with Gasteiger partial charge >= 0.3 is 0 Å². The van der Waals surface area contributed by atoms with Crippen LogP contribution in [0.2, 0.25) is 0 Å². The van der Waals surface area contributed by atoms with Gasteiger partial charge in [0, 0.05) is 6.04 Å². The predicted molar refractivity (Wildman–Crippen MR) is 79.7 cm³/mol. The second-order valence-electron chi connectivity index (χ2n) is 5.68. The molecule has 3 N–H and O–H groups in total. The molecule has 1 heterocycles. The van der Waals surface area contributed by atoms with Crippen LogP contribution in [0.25, 0.3) is 0 Å². The minimum Gasteiger partial charge on any atom is -0.496 e. The van der Waals surface area contributed by atoms with Gasteiger partial charge in [0.05, 0.1) is 7.11 Å². The lowest BCUT2D eigenvalue weighted by Crippen LogP contribution is -2.34. The largest absolute Gasteiger partial charge is 0.496 e. The van der Waals surface area contributed by atoms with Crippen LogP contribution < -0.4 is 15.8 Å². The second kappa shape index (κ2) is 5.93. The lowest BCUT2D eigenvalue weighted by atomic mass is 9.83. The van der Waals surface area contributed by atoms with Gasteiger partial charge in [0.25, 0.3) is 0 Å². The van der Waals surface area contributed by atoms with E-state index in [4.69, 9.17) is 10.5 Å². The van der Waals surface area contributed by atoms with E-state index < -0.39 is 0 Å². The van der Waals surface area contributed by atoms with Gasteiger partial charge in [-0.2, -0.15) is 0 Å². The number of nitrogens with one attached hydrogen (secondary N) is 1. The van der Waals surface area contributed by atoms with Crippen LogP contribution in [0.5, 0.6) is 5.75 Å². The number of rotatable bonds is 3. The molecule has 1 fully saturated rings. The summed E-state index contributed by atoms with van der Waals surface area (Å²) in [4.78, 5) is 0. The molecule has 0 aromatic heterocycles. The SMILES string of the molecule is COc1c(C)cc(C(N)C2CCNCC2)c(C)c1C. The summed E-state index contributed by atoms with van der Waals surface area (Å²) in [5.41, 5.74) is 11.5. The molecule has 1 aromatic rings. The highest BCUT2D eigenvalue weighted by atomic mass is 16.5. The zero-order valence-corrected chi connectivity index (χ0v) is 12.5. The third kappa shape index (κ3) is 2.77. The monoisotopic (exact) mass is 262 g/mol. The van der Waals surface area contributed by atoms with Crippen molar-refractivity contribution >= 4 is 0 Å². The van der Waals surface area contributed by atoms with E-state index in [0.29, 0.717) is 5.92 Å². The van der Waals surface area contributed by atoms with Crippen molar-refractivity contribution in [3.05, 3.63) is 28.3 Å². The van der Waals surface area contributed by atoms with Gasteiger partial charge in [0.15, 0.2) is 0 Å². The topological polar surface area (TPSA) is 47.3 Å². The molecule has 1 aliphatic rings. The molecule has 3 nitrogen and oxygen atoms in total. The third-order valence-electron chi connectivity index (χ3n) is 4.52. The molecular formula is C16H26N2O. The minimum absolute atomic E-state index is 0.144. The highest BCUT2D eigenvalue weighted by Crippen LogP contribution is 2.35. The van der Waals surface area contributed by atoms with E-state index in [2.05, 4.69) is 32.2 Å². The maximum Gasteiger partial charge on any atom is 0.124 e. The Kier molecular flexibility index (Phi) is 4.48. The number of ether oxygens (including phenoxy) is 1. The lowest BCUT2D eigenvalue weighted by Gasteiger charge is -2.30. The molecule has 0 aliphatic carbocycles. The van der Waals surface area contributed by atoms with Crippen LogP contribution in [-0.4, -0.2) is 20.2 Å². The van der Waals surface area contributed by atoms with Crippen molar-refractivity contribution in [2.75, 3.05) is 20.2 Å². The fraction of sp³-hybridized carbons (Fsp3) is 0.625. The van der Waals surface area contributed by atoms with Crippen LogP contribution in [0.3, 0.4) is 0 Å². The van der Waals surface area contributed by atoms with Gasteiger partial charge < -0.3 is 15.8 Å². The summed E-state index contributed by atoms with van der Waals surface area (Å²) in [6.07, 6.45) is 2.34. The molecule has 0 saturated carbocycles. The molecule has 19 heavy (non-hydrogen) atoms. The van der Waals surface area contributed by atoms with Crippen molar-refractivity contribution in [3.8, 4) is 5.75 Å². The standard InChI is InChI=1S/C16H26N2O/c1-10-9-14(11(2)12(3)16(10)19-4)15(17)13-5-7-18-8-6-13/h9,13,15,18H,5-8,17H2,1-4H3. The molecule has 106 valence electrons. The summed E-state index contributed by atoms with van der Waals surface area (Å²) in [7, 11) is 1.74. The summed E-state index contributed by atoms with van der Waals surface area (Å²) in [5.74, 6) is 1.59. The van der Waals surface area contributed by atoms with Gasteiger partial charge in [-0.3, -0.25) is 0 Å². The zero-order chi connectivity index (χ0) is 14.0. The first-order chi connectivity index (χ1) is 9.06. The van der Waals surface area contributed by atoms with Gasteiger partial charge in [-0.15, -0.1) is 0 Å². The summed E-state index contributed by atoms with van der Waals surface area (Å²) in [6, 6.07) is 2.36. The van der Waals surface area contributed by atoms with Crippen molar-refractivity contribution in [2.24, 2.45) is 11.7 Å². The Morgan fingerprint density at radius 2 is 1.84 bits per heavy atom. The fourth-order valence-corrected chi connectivity index (χ4v) is 3.21. The molecule has 0 amide bonds. The Morgan fingerprint density at radius 3 is 2.42 bits per heavy atom. The van der Waals surface area contributed by atoms with Crippen LogP contribution in [0.1, 0.15) is 41.1 Å². The van der Waals surface area contributed by atoms with Crippen LogP contribution in [0.15, 0.2) is 6.07 Å². The number of methoxy groups -OCH3 is 1. The van der Waals surface area contributed by atoms with Crippen LogP contribution in [0.4, 0.5) is 0 Å². The van der Waals surface area contributed by atoms with Crippen LogP contribution in [0, 0.1) is 26.7 Å². The molecule has 2 rings (SSSR count). The summed E-state index contributed by atoms with van der Waals surface area (Å²) < 4.78 is 5.49. The van der Waals surface area contributed by atoms with E-state index in [1.165, 1.54) is 35.1 Å². The van der Waals surface area contributed by atoms with Crippen molar-refractivity contribution < 1.29 is 4.74 Å². The van der Waals surface area contributed by atoms with Gasteiger partial charge in [-0.05, 0) is 74.9 Å². The van der Waals surface area contributed by atoms with Gasteiger partial charge in [-0.1, -0.05) is 6.07 Å². The van der Waals surface area contributed by atoms with E-state index in [1.807, 2.05) is 0 Å². The Balaban J connectivity index is 2.33. The smallest absolute Gasteiger partial charge is 0.124 e. The minimum atomic E-state index is 0.144. The molecule has 0 spiro atoms. The van der Waals surface area contributed by atoms with Gasteiger partial charge in [-0.25, -0.2) is 0 Å². The Labute approximate surface area is 116 Å². The van der Waals surface area contributed by atoms with E-state index in [-0.39, 0.29) is 6.04 Å². The van der Waals surface area contributed by atoms with E-state index in [0.717, 1.165) is 18.8 Å². The average Bonchev–Trinajstić information content (AvgIpc) is 2.43. The quantitative estimate of drug-likeness (QED) is 0.880. The maximum atomic E-state index is 6.53. The second-order valence-corrected chi connectivity index (χ2v) is 5.68. The predicted octanol–water partition coefficient (Wildman–Crippen LogP) is 2.62. The zero-order valence-electron chi connectivity index (χ0n) is 12.5. The summed E-state index contributed by atoms with van der Waals surface area (Å²) in [6.45, 7) is 8.56. The number of benzene rings is 1. The Hall–Kier alpha value is -1.06. The van der Waals surface area contributed by atoms with E-state index >= 15 is 0 Å². The number of hydrogen-bond donors (Lipinski definition) is 2. The average molecular weight is 262 g/mol. The number of aryl methyl sites for hydroxylation is 1. The number of piperidine rings is 1. The van der Waals surface area contributed by atoms with Gasteiger partial charge in [0.1, 0.15) is 5.75 Å². The molecule has 3 heteroatoms. The Morgan fingerprint density at radius 1 is 1.21 bits per heavy atom. The van der Waals surface area contributed by atoms with E-state index in [9.17, 15) is 0 Å². The first-order valence-corrected chi connectivity index (χ1v) is 7.17. The molecule has 1 unspecified atom stereocenters.